The van der Waals surface area contributed by atoms with Gasteiger partial charge >= 0.3 is 5.69 Å². The molecule has 7 nitrogen and oxygen atoms in total. The fourth-order valence-electron chi connectivity index (χ4n) is 2.28. The molecule has 19 heavy (non-hydrogen) atoms. The second-order valence-corrected chi connectivity index (χ2v) is 5.01. The molecule has 0 saturated heterocycles. The van der Waals surface area contributed by atoms with Crippen LogP contribution in [0.1, 0.15) is 25.7 Å². The van der Waals surface area contributed by atoms with Crippen molar-refractivity contribution in [3.8, 4) is 0 Å². The van der Waals surface area contributed by atoms with Crippen molar-refractivity contribution in [3.63, 3.8) is 0 Å². The van der Waals surface area contributed by atoms with Gasteiger partial charge in [-0.3, -0.25) is 10.1 Å². The van der Waals surface area contributed by atoms with E-state index in [1.165, 1.54) is 0 Å². The Kier molecular flexibility index (Phi) is 4.49. The normalized spacial score (nSPS) is 23.1. The molecule has 2 N–H and O–H groups in total. The number of halogens is 1. The summed E-state index contributed by atoms with van der Waals surface area (Å²) in [6.45, 7) is 0.201. The second-order valence-electron chi connectivity index (χ2n) is 4.67. The number of aliphatic hydroxyl groups excluding tert-OH is 1. The predicted molar refractivity (Wildman–Crippen MR) is 70.2 cm³/mol. The van der Waals surface area contributed by atoms with E-state index in [1.54, 1.807) is 0 Å². The largest absolute Gasteiger partial charge is 0.396 e. The van der Waals surface area contributed by atoms with Gasteiger partial charge in [-0.2, -0.15) is 4.98 Å². The number of aliphatic hydroxyl groups is 1. The molecule has 0 bridgehead atoms. The Balaban J connectivity index is 2.06. The van der Waals surface area contributed by atoms with E-state index in [0.29, 0.717) is 5.92 Å². The van der Waals surface area contributed by atoms with E-state index in [4.69, 9.17) is 16.7 Å². The first-order chi connectivity index (χ1) is 9.10. The molecule has 1 aromatic heterocycles. The van der Waals surface area contributed by atoms with Crippen molar-refractivity contribution >= 4 is 23.1 Å². The molecule has 1 saturated carbocycles. The average Bonchev–Trinajstić information content (AvgIpc) is 2.39. The molecule has 0 aliphatic heterocycles. The van der Waals surface area contributed by atoms with Crippen LogP contribution in [0.5, 0.6) is 0 Å². The van der Waals surface area contributed by atoms with Gasteiger partial charge in [0.15, 0.2) is 0 Å². The van der Waals surface area contributed by atoms with Gasteiger partial charge in [0.25, 0.3) is 0 Å². The first kappa shape index (κ1) is 14.0. The lowest BCUT2D eigenvalue weighted by molar-refractivity contribution is -0.384. The molecule has 0 amide bonds. The average molecular weight is 287 g/mol. The molecule has 0 unspecified atom stereocenters. The van der Waals surface area contributed by atoms with Crippen molar-refractivity contribution in [2.24, 2.45) is 5.92 Å². The minimum absolute atomic E-state index is 0.0165. The number of anilines is 1. The lowest BCUT2D eigenvalue weighted by atomic mass is 9.86. The molecule has 0 spiro atoms. The number of aromatic nitrogens is 2. The maximum atomic E-state index is 10.9. The van der Waals surface area contributed by atoms with Crippen LogP contribution >= 0.6 is 11.6 Å². The highest BCUT2D eigenvalue weighted by Gasteiger charge is 2.24. The van der Waals surface area contributed by atoms with Crippen LogP contribution in [-0.2, 0) is 0 Å². The molecule has 1 heterocycles. The van der Waals surface area contributed by atoms with Crippen LogP contribution in [0.4, 0.5) is 11.5 Å². The molecule has 2 rings (SSSR count). The van der Waals surface area contributed by atoms with E-state index in [9.17, 15) is 10.1 Å². The van der Waals surface area contributed by atoms with E-state index in [-0.39, 0.29) is 29.4 Å². The summed E-state index contributed by atoms with van der Waals surface area (Å²) < 4.78 is 0. The van der Waals surface area contributed by atoms with Crippen molar-refractivity contribution in [3.05, 3.63) is 21.6 Å². The van der Waals surface area contributed by atoms with Crippen LogP contribution in [0.15, 0.2) is 6.20 Å². The zero-order valence-electron chi connectivity index (χ0n) is 10.3. The highest BCUT2D eigenvalue weighted by Crippen LogP contribution is 2.29. The van der Waals surface area contributed by atoms with Gasteiger partial charge in [0.1, 0.15) is 6.20 Å². The Morgan fingerprint density at radius 2 is 2.16 bits per heavy atom. The molecule has 0 aromatic carbocycles. The fraction of sp³-hybridized carbons (Fsp3) is 0.636. The Bertz CT molecular complexity index is 463. The minimum Gasteiger partial charge on any atom is -0.396 e. The molecule has 104 valence electrons. The number of nitro groups is 1. The van der Waals surface area contributed by atoms with Gasteiger partial charge in [-0.25, -0.2) is 4.98 Å². The summed E-state index contributed by atoms with van der Waals surface area (Å²) in [5.74, 6) is 0.500. The molecule has 0 atom stereocenters. The van der Waals surface area contributed by atoms with Gasteiger partial charge in [0, 0.05) is 12.6 Å². The zero-order chi connectivity index (χ0) is 13.8. The smallest absolute Gasteiger partial charge is 0.329 e. The quantitative estimate of drug-likeness (QED) is 0.499. The molecule has 0 radical (unpaired) electrons. The second kappa shape index (κ2) is 6.12. The number of rotatable bonds is 4. The van der Waals surface area contributed by atoms with Crippen molar-refractivity contribution in [1.29, 1.82) is 0 Å². The number of nitrogens with zero attached hydrogens (tertiary/aromatic N) is 3. The molecule has 1 aromatic rings. The summed E-state index contributed by atoms with van der Waals surface area (Å²) in [6, 6.07) is 0.118. The van der Waals surface area contributed by atoms with E-state index in [0.717, 1.165) is 31.9 Å². The SMILES string of the molecule is O=[N+]([O-])c1cnc(Cl)nc1N[C@H]1CC[C@H](CO)CC1. The summed E-state index contributed by atoms with van der Waals surface area (Å²) in [5.41, 5.74) is -0.173. The Labute approximate surface area is 115 Å². The Morgan fingerprint density at radius 1 is 1.47 bits per heavy atom. The van der Waals surface area contributed by atoms with Gasteiger partial charge in [0.2, 0.25) is 11.1 Å². The summed E-state index contributed by atoms with van der Waals surface area (Å²) in [4.78, 5) is 17.9. The standard InChI is InChI=1S/C11H15ClN4O3/c12-11-13-5-9(16(18)19)10(15-11)14-8-3-1-7(6-17)2-4-8/h5,7-8,17H,1-4,6H2,(H,13,14,15)/t7-,8-. The summed E-state index contributed by atoms with van der Waals surface area (Å²) in [5, 5.41) is 23.0. The Hall–Kier alpha value is -1.47. The van der Waals surface area contributed by atoms with E-state index < -0.39 is 4.92 Å². The maximum Gasteiger partial charge on any atom is 0.329 e. The number of nitrogens with one attached hydrogen (secondary N) is 1. The predicted octanol–water partition coefficient (Wildman–Crippen LogP) is 2.00. The third-order valence-electron chi connectivity index (χ3n) is 3.38. The van der Waals surface area contributed by atoms with Gasteiger partial charge in [-0.15, -0.1) is 0 Å². The van der Waals surface area contributed by atoms with Crippen LogP contribution in [-0.4, -0.2) is 32.6 Å². The summed E-state index contributed by atoms with van der Waals surface area (Å²) >= 11 is 5.67. The van der Waals surface area contributed by atoms with E-state index in [2.05, 4.69) is 15.3 Å². The Morgan fingerprint density at radius 3 is 2.74 bits per heavy atom. The van der Waals surface area contributed by atoms with Crippen LogP contribution < -0.4 is 5.32 Å². The first-order valence-corrected chi connectivity index (χ1v) is 6.52. The van der Waals surface area contributed by atoms with Gasteiger partial charge in [-0.05, 0) is 43.2 Å². The molecular formula is C11H15ClN4O3. The first-order valence-electron chi connectivity index (χ1n) is 6.14. The fourth-order valence-corrected chi connectivity index (χ4v) is 2.41. The van der Waals surface area contributed by atoms with Crippen molar-refractivity contribution < 1.29 is 10.0 Å². The molecule has 8 heteroatoms. The van der Waals surface area contributed by atoms with Crippen molar-refractivity contribution in [1.82, 2.24) is 9.97 Å². The molecular weight excluding hydrogens is 272 g/mol. The van der Waals surface area contributed by atoms with E-state index in [1.807, 2.05) is 0 Å². The van der Waals surface area contributed by atoms with Gasteiger partial charge < -0.3 is 10.4 Å². The third-order valence-corrected chi connectivity index (χ3v) is 3.56. The highest BCUT2D eigenvalue weighted by atomic mass is 35.5. The van der Waals surface area contributed by atoms with E-state index >= 15 is 0 Å². The topological polar surface area (TPSA) is 101 Å². The molecule has 1 fully saturated rings. The molecule has 1 aliphatic carbocycles. The zero-order valence-corrected chi connectivity index (χ0v) is 11.0. The highest BCUT2D eigenvalue weighted by molar-refractivity contribution is 6.28. The third kappa shape index (κ3) is 3.51. The lowest BCUT2D eigenvalue weighted by Crippen LogP contribution is -2.28. The van der Waals surface area contributed by atoms with Crippen LogP contribution in [0.3, 0.4) is 0 Å². The summed E-state index contributed by atoms with van der Waals surface area (Å²) in [6.07, 6.45) is 4.62. The van der Waals surface area contributed by atoms with Crippen molar-refractivity contribution in [2.75, 3.05) is 11.9 Å². The monoisotopic (exact) mass is 286 g/mol. The van der Waals surface area contributed by atoms with Gasteiger partial charge in [-0.1, -0.05) is 0 Å². The minimum atomic E-state index is -0.530. The van der Waals surface area contributed by atoms with Gasteiger partial charge in [0.05, 0.1) is 4.92 Å². The van der Waals surface area contributed by atoms with Crippen LogP contribution in [0.2, 0.25) is 5.28 Å². The maximum absolute atomic E-state index is 10.9. The number of hydrogen-bond acceptors (Lipinski definition) is 6. The molecule has 1 aliphatic rings. The number of hydrogen-bond donors (Lipinski definition) is 2. The summed E-state index contributed by atoms with van der Waals surface area (Å²) in [7, 11) is 0. The van der Waals surface area contributed by atoms with Crippen molar-refractivity contribution in [2.45, 2.75) is 31.7 Å². The van der Waals surface area contributed by atoms with Crippen LogP contribution in [0.25, 0.3) is 0 Å². The van der Waals surface area contributed by atoms with Crippen LogP contribution in [0, 0.1) is 16.0 Å². The lowest BCUT2D eigenvalue weighted by Gasteiger charge is -2.28.